The van der Waals surface area contributed by atoms with Gasteiger partial charge in [-0.15, -0.1) is 0 Å². The third-order valence-corrected chi connectivity index (χ3v) is 4.22. The monoisotopic (exact) mass is 268 g/mol. The van der Waals surface area contributed by atoms with Gasteiger partial charge in [0.25, 0.3) is 0 Å². The Morgan fingerprint density at radius 1 is 0.714 bits per heavy atom. The highest BCUT2D eigenvalue weighted by Crippen LogP contribution is 2.37. The number of hydrogen-bond donors (Lipinski definition) is 1. The Labute approximate surface area is 121 Å². The fourth-order valence-electron chi connectivity index (χ4n) is 3.29. The maximum absolute atomic E-state index is 4.22. The average Bonchev–Trinajstić information content (AvgIpc) is 2.93. The van der Waals surface area contributed by atoms with E-state index in [1.165, 1.54) is 38.1 Å². The number of rotatable bonds is 1. The zero-order valence-corrected chi connectivity index (χ0v) is 11.3. The van der Waals surface area contributed by atoms with Crippen LogP contribution in [0.2, 0.25) is 0 Å². The van der Waals surface area contributed by atoms with Crippen LogP contribution in [0.5, 0.6) is 0 Å². The molecule has 0 aliphatic carbocycles. The van der Waals surface area contributed by atoms with Crippen molar-refractivity contribution in [2.45, 2.75) is 0 Å². The molecule has 2 heteroatoms. The smallest absolute Gasteiger partial charge is 0.0477 e. The predicted octanol–water partition coefficient (Wildman–Crippen LogP) is 4.97. The molecule has 5 aromatic rings. The van der Waals surface area contributed by atoms with E-state index in [4.69, 9.17) is 0 Å². The van der Waals surface area contributed by atoms with Gasteiger partial charge in [-0.05, 0) is 40.6 Å². The van der Waals surface area contributed by atoms with Crippen molar-refractivity contribution >= 4 is 32.6 Å². The Bertz CT molecular complexity index is 1070. The molecule has 0 spiro atoms. The summed E-state index contributed by atoms with van der Waals surface area (Å²) >= 11 is 0. The summed E-state index contributed by atoms with van der Waals surface area (Å²) in [7, 11) is 0. The zero-order chi connectivity index (χ0) is 13.8. The molecule has 0 saturated heterocycles. The van der Waals surface area contributed by atoms with Gasteiger partial charge in [-0.3, -0.25) is 4.98 Å². The summed E-state index contributed by atoms with van der Waals surface area (Å²) in [6, 6.07) is 19.4. The van der Waals surface area contributed by atoms with Gasteiger partial charge < -0.3 is 4.98 Å². The number of pyridine rings is 1. The van der Waals surface area contributed by atoms with E-state index < -0.39 is 0 Å². The largest absolute Gasteiger partial charge is 0.354 e. The van der Waals surface area contributed by atoms with Crippen molar-refractivity contribution in [1.29, 1.82) is 0 Å². The van der Waals surface area contributed by atoms with Gasteiger partial charge in [-0.25, -0.2) is 0 Å². The van der Waals surface area contributed by atoms with Gasteiger partial charge in [0.15, 0.2) is 0 Å². The summed E-state index contributed by atoms with van der Waals surface area (Å²) in [5.41, 5.74) is 4.74. The van der Waals surface area contributed by atoms with E-state index in [1.807, 2.05) is 12.3 Å². The van der Waals surface area contributed by atoms with Crippen LogP contribution in [-0.4, -0.2) is 9.97 Å². The Kier molecular flexibility index (Phi) is 1.98. The number of H-pyrrole nitrogens is 1. The molecule has 2 heterocycles. The second kappa shape index (κ2) is 3.83. The molecule has 0 aliphatic rings. The molecular weight excluding hydrogens is 256 g/mol. The minimum Gasteiger partial charge on any atom is -0.354 e. The molecule has 0 amide bonds. The fourth-order valence-corrected chi connectivity index (χ4v) is 3.29. The quantitative estimate of drug-likeness (QED) is 0.427. The van der Waals surface area contributed by atoms with Gasteiger partial charge in [0.2, 0.25) is 0 Å². The van der Waals surface area contributed by atoms with Crippen molar-refractivity contribution in [3.8, 4) is 11.1 Å². The normalized spacial score (nSPS) is 11.8. The second-order valence-corrected chi connectivity index (χ2v) is 5.46. The third-order valence-electron chi connectivity index (χ3n) is 4.22. The zero-order valence-electron chi connectivity index (χ0n) is 11.3. The fraction of sp³-hybridized carbons (Fsp3) is 0. The average molecular weight is 268 g/mol. The minimum absolute atomic E-state index is 1.15. The van der Waals surface area contributed by atoms with Crippen LogP contribution in [0, 0.1) is 0 Å². The first-order chi connectivity index (χ1) is 10.4. The number of nitrogens with one attached hydrogen (secondary N) is 1. The highest BCUT2D eigenvalue weighted by molar-refractivity contribution is 6.23. The molecular formula is C19H12N2. The minimum atomic E-state index is 1.15. The van der Waals surface area contributed by atoms with Gasteiger partial charge in [-0.2, -0.15) is 0 Å². The van der Waals surface area contributed by atoms with Gasteiger partial charge in [0, 0.05) is 39.8 Å². The van der Waals surface area contributed by atoms with Crippen LogP contribution in [-0.2, 0) is 0 Å². The van der Waals surface area contributed by atoms with Gasteiger partial charge >= 0.3 is 0 Å². The molecule has 0 atom stereocenters. The molecule has 0 bridgehead atoms. The third kappa shape index (κ3) is 1.44. The topological polar surface area (TPSA) is 28.7 Å². The first-order valence-corrected chi connectivity index (χ1v) is 7.07. The molecule has 2 aromatic heterocycles. The van der Waals surface area contributed by atoms with Gasteiger partial charge in [0.05, 0.1) is 0 Å². The molecule has 98 valence electrons. The lowest BCUT2D eigenvalue weighted by molar-refractivity contribution is 1.33. The highest BCUT2D eigenvalue weighted by Gasteiger charge is 2.11. The van der Waals surface area contributed by atoms with Crippen LogP contribution in [0.1, 0.15) is 0 Å². The van der Waals surface area contributed by atoms with Crippen molar-refractivity contribution in [3.05, 3.63) is 67.0 Å². The van der Waals surface area contributed by atoms with E-state index in [1.54, 1.807) is 6.20 Å². The Morgan fingerprint density at radius 2 is 1.62 bits per heavy atom. The summed E-state index contributed by atoms with van der Waals surface area (Å²) in [6.45, 7) is 0. The Balaban J connectivity index is 1.95. The summed E-state index contributed by atoms with van der Waals surface area (Å²) in [5, 5.41) is 5.23. The van der Waals surface area contributed by atoms with Crippen molar-refractivity contribution in [1.82, 2.24) is 9.97 Å². The first-order valence-electron chi connectivity index (χ1n) is 7.07. The number of aromatic amines is 1. The second-order valence-electron chi connectivity index (χ2n) is 5.46. The first kappa shape index (κ1) is 10.9. The van der Waals surface area contributed by atoms with E-state index in [2.05, 4.69) is 58.5 Å². The summed E-state index contributed by atoms with van der Waals surface area (Å²) in [6.07, 6.45) is 3.72. The molecule has 0 saturated carbocycles. The molecule has 21 heavy (non-hydrogen) atoms. The Morgan fingerprint density at radius 3 is 2.52 bits per heavy atom. The molecule has 2 nitrogen and oxygen atoms in total. The SMILES string of the molecule is c1cncc(-c2cc3ccc4cccc5[nH]c(c2)c3c45)c1. The summed E-state index contributed by atoms with van der Waals surface area (Å²) in [5.74, 6) is 0. The summed E-state index contributed by atoms with van der Waals surface area (Å²) < 4.78 is 0. The maximum atomic E-state index is 4.22. The molecule has 1 N–H and O–H groups in total. The predicted molar refractivity (Wildman–Crippen MR) is 87.7 cm³/mol. The number of hydrogen-bond acceptors (Lipinski definition) is 1. The Hall–Kier alpha value is -2.87. The molecule has 0 unspecified atom stereocenters. The molecule has 0 radical (unpaired) electrons. The van der Waals surface area contributed by atoms with Gasteiger partial charge in [0.1, 0.15) is 0 Å². The van der Waals surface area contributed by atoms with E-state index in [-0.39, 0.29) is 0 Å². The lowest BCUT2D eigenvalue weighted by Gasteiger charge is -2.05. The summed E-state index contributed by atoms with van der Waals surface area (Å²) in [4.78, 5) is 7.77. The van der Waals surface area contributed by atoms with Crippen LogP contribution in [0.4, 0.5) is 0 Å². The van der Waals surface area contributed by atoms with E-state index in [0.29, 0.717) is 0 Å². The van der Waals surface area contributed by atoms with E-state index in [0.717, 1.165) is 5.56 Å². The van der Waals surface area contributed by atoms with Crippen molar-refractivity contribution in [2.24, 2.45) is 0 Å². The molecule has 0 aliphatic heterocycles. The number of benzene rings is 3. The molecule has 0 fully saturated rings. The number of aromatic nitrogens is 2. The lowest BCUT2D eigenvalue weighted by Crippen LogP contribution is -1.81. The van der Waals surface area contributed by atoms with Crippen LogP contribution in [0.15, 0.2) is 67.0 Å². The van der Waals surface area contributed by atoms with Crippen LogP contribution >= 0.6 is 0 Å². The van der Waals surface area contributed by atoms with Gasteiger partial charge in [-0.1, -0.05) is 30.3 Å². The maximum Gasteiger partial charge on any atom is 0.0477 e. The molecule has 3 aromatic carbocycles. The van der Waals surface area contributed by atoms with Crippen LogP contribution in [0.25, 0.3) is 43.7 Å². The van der Waals surface area contributed by atoms with Crippen molar-refractivity contribution < 1.29 is 0 Å². The lowest BCUT2D eigenvalue weighted by atomic mass is 9.98. The standard InChI is InChI=1S/C19H12N2/c1-3-12-6-7-13-9-15(14-4-2-8-20-11-14)10-17-19(13)18(12)16(5-1)21-17/h1-11,21H. The highest BCUT2D eigenvalue weighted by atomic mass is 14.7. The van der Waals surface area contributed by atoms with Crippen LogP contribution in [0.3, 0.4) is 0 Å². The van der Waals surface area contributed by atoms with Crippen LogP contribution < -0.4 is 0 Å². The van der Waals surface area contributed by atoms with E-state index >= 15 is 0 Å². The number of nitrogens with zero attached hydrogens (tertiary/aromatic N) is 1. The van der Waals surface area contributed by atoms with E-state index in [9.17, 15) is 0 Å². The van der Waals surface area contributed by atoms with Crippen molar-refractivity contribution in [2.75, 3.05) is 0 Å². The van der Waals surface area contributed by atoms with Crippen molar-refractivity contribution in [3.63, 3.8) is 0 Å². The molecule has 5 rings (SSSR count).